The summed E-state index contributed by atoms with van der Waals surface area (Å²) in [5, 5.41) is 93.9. The Morgan fingerprint density at radius 1 is 0.396 bits per heavy atom. The normalized spacial score (nSPS) is 15.3. The van der Waals surface area contributed by atoms with E-state index < -0.39 is 337 Å². The summed E-state index contributed by atoms with van der Waals surface area (Å²) in [5.41, 5.74) is 0. The Morgan fingerprint density at radius 3 is 0.960 bits per heavy atom. The van der Waals surface area contributed by atoms with Gasteiger partial charge in [0.25, 0.3) is 0 Å². The van der Waals surface area contributed by atoms with Gasteiger partial charge in [-0.1, -0.05) is 0 Å². The summed E-state index contributed by atoms with van der Waals surface area (Å²) in [6.07, 6.45) is -18.8. The molecule has 38 heteroatoms. The molecule has 1 saturated heterocycles. The van der Waals surface area contributed by atoms with Crippen molar-refractivity contribution in [2.45, 2.75) is 197 Å². The summed E-state index contributed by atoms with van der Waals surface area (Å²) in [6.45, 7) is 1.51. The van der Waals surface area contributed by atoms with Crippen LogP contribution in [0, 0.1) is 29.6 Å². The summed E-state index contributed by atoms with van der Waals surface area (Å²) in [4.78, 5) is 271. The van der Waals surface area contributed by atoms with Crippen molar-refractivity contribution in [1.29, 1.82) is 0 Å². The van der Waals surface area contributed by atoms with Crippen LogP contribution in [0.15, 0.2) is 0 Å². The largest absolute Gasteiger partial charge is 0.481 e. The number of hydrogen-bond acceptors (Lipinski definition) is 24. The number of hydrogen-bond donors (Lipinski definition) is 13. The molecule has 0 bridgehead atoms. The van der Waals surface area contributed by atoms with Crippen LogP contribution < -0.4 is 21.3 Å². The number of likely N-dealkylation sites (tertiary alicyclic amines) is 1. The number of carbonyl (C=O) groups is 21. The van der Waals surface area contributed by atoms with Gasteiger partial charge in [-0.25, -0.2) is 0 Å². The molecule has 0 aliphatic carbocycles. The summed E-state index contributed by atoms with van der Waals surface area (Å²) in [6, 6.07) is -7.53. The molecule has 1 rings (SSSR count). The molecule has 1 fully saturated rings. The number of amides is 6. The molecule has 0 aromatic rings. The number of methoxy groups -OCH3 is 1. The van der Waals surface area contributed by atoms with Gasteiger partial charge < -0.3 is 76.7 Å². The highest BCUT2D eigenvalue weighted by Crippen LogP contribution is 2.27. The fourth-order valence-electron chi connectivity index (χ4n) is 10.4. The van der Waals surface area contributed by atoms with Gasteiger partial charge in [0, 0.05) is 152 Å². The second-order valence-corrected chi connectivity index (χ2v) is 25.3. The zero-order chi connectivity index (χ0) is 76.6. The monoisotopic (exact) mass is 1460 g/mol. The molecule has 0 radical (unpaired) electrons. The van der Waals surface area contributed by atoms with Gasteiger partial charge in [-0.05, 0) is 64.7 Å². The molecule has 13 N–H and O–H groups in total. The highest BCUT2D eigenvalue weighted by Gasteiger charge is 2.40. The highest BCUT2D eigenvalue weighted by atomic mass is 32.2. The van der Waals surface area contributed by atoms with Crippen molar-refractivity contribution in [1.82, 2.24) is 26.2 Å². The quantitative estimate of drug-likeness (QED) is 0.0283. The predicted molar refractivity (Wildman–Crippen MR) is 341 cm³/mol. The Bertz CT molecular complexity index is 3030. The van der Waals surface area contributed by atoms with Crippen molar-refractivity contribution < 1.29 is 156 Å². The van der Waals surface area contributed by atoms with Crippen molar-refractivity contribution >= 4 is 136 Å². The fraction of sp³-hybridized carbons (Fsp3) is 0.667. The lowest BCUT2D eigenvalue weighted by Crippen LogP contribution is -2.49. The first kappa shape index (κ1) is 89.6. The standard InChI is InChI=1S/C63H89N5O32S/c1-33(69)34(3-12-50(76)77)28-44(71)40(8-17-55(86)87)65-60(95)36(5-14-52(80)81)30-46(73)42(10-19-57(90)91)67-62(97)38(7-16-54(84)85)31-47(74)43(11-20-58(92)93)66-61(96)37(6-15-53(82)83)29-45(72)41(9-18-56(88)89)64-59(94)35(4-13-51(78)79)27-39(70)21-22-68-49(75)32-48(63(68)98)101-26-25-100-24-23-99-2/h34-38,40-43,48H,3-32H2,1-2H3,(H,64,94)(H,65,95)(H,66,96)(H,67,97)(H,76,77)(H,78,79)(H,80,81)(H,82,83)(H,84,85)(H,86,87)(H,88,89)(H,90,91)(H,92,93)/t34-,35-,36-,37-,38-,40+,41+,42+,43+,48?/m0/s1. The van der Waals surface area contributed by atoms with E-state index in [1.807, 2.05) is 0 Å². The number of ether oxygens (including phenoxy) is 2. The SMILES string of the molecule is COCCOCCSC1CC(=O)N(CCC(=O)C[C@H](CCC(=O)O)C(=O)N[C@H](CCC(=O)O)C(=O)C[C@H](CCC(=O)O)C(=O)N[C@H](CCC(=O)O)C(=O)C[C@H](CCC(=O)O)C(=O)N[C@H](CCC(=O)O)C(=O)C[C@H](CCC(=O)O)C(=O)N[C@H](CCC(=O)O)C(=O)C[C@H](CCC(=O)O)C(C)=O)C1=O. The Kier molecular flexibility index (Phi) is 42.2. The van der Waals surface area contributed by atoms with E-state index in [2.05, 4.69) is 21.3 Å². The predicted octanol–water partition coefficient (Wildman–Crippen LogP) is 0.0886. The maximum absolute atomic E-state index is 14.3. The molecule has 6 amide bonds. The van der Waals surface area contributed by atoms with Crippen LogP contribution in [0.3, 0.4) is 0 Å². The molecule has 0 saturated carbocycles. The third kappa shape index (κ3) is 38.1. The van der Waals surface area contributed by atoms with E-state index in [4.69, 9.17) is 14.6 Å². The van der Waals surface area contributed by atoms with Gasteiger partial charge >= 0.3 is 53.7 Å². The highest BCUT2D eigenvalue weighted by molar-refractivity contribution is 8.00. The number of imide groups is 1. The second-order valence-electron chi connectivity index (χ2n) is 24.0. The van der Waals surface area contributed by atoms with Crippen molar-refractivity contribution in [2.24, 2.45) is 29.6 Å². The Labute approximate surface area is 581 Å². The smallest absolute Gasteiger partial charge is 0.303 e. The molecule has 0 aromatic carbocycles. The van der Waals surface area contributed by atoms with Crippen molar-refractivity contribution in [3.63, 3.8) is 0 Å². The number of rotatable bonds is 60. The Hall–Kier alpha value is -9.46. The third-order valence-electron chi connectivity index (χ3n) is 16.1. The minimum atomic E-state index is -1.99. The molecule has 10 atom stereocenters. The minimum Gasteiger partial charge on any atom is -0.481 e. The van der Waals surface area contributed by atoms with Gasteiger partial charge in [-0.2, -0.15) is 0 Å². The zero-order valence-corrected chi connectivity index (χ0v) is 56.6. The maximum Gasteiger partial charge on any atom is 0.303 e. The summed E-state index contributed by atoms with van der Waals surface area (Å²) in [7, 11) is 1.48. The number of aliphatic carboxylic acids is 9. The average molecular weight is 1460 g/mol. The number of ketones is 6. The van der Waals surface area contributed by atoms with Gasteiger partial charge in [0.15, 0.2) is 23.1 Å². The number of carboxylic acids is 9. The lowest BCUT2D eigenvalue weighted by molar-refractivity contribution is -0.141. The molecule has 1 unspecified atom stereocenters. The Balaban J connectivity index is 3.66. The fourth-order valence-corrected chi connectivity index (χ4v) is 11.4. The summed E-state index contributed by atoms with van der Waals surface area (Å²) < 4.78 is 10.3. The van der Waals surface area contributed by atoms with E-state index in [0.717, 1.165) is 23.6 Å². The van der Waals surface area contributed by atoms with Crippen molar-refractivity contribution in [2.75, 3.05) is 39.2 Å². The number of Topliss-reactive ketones (excluding diaryl/α,β-unsaturated/α-hetero) is 6. The molecule has 101 heavy (non-hydrogen) atoms. The number of carboxylic acid groups (broad SMARTS) is 9. The van der Waals surface area contributed by atoms with Crippen LogP contribution >= 0.6 is 11.8 Å². The Morgan fingerprint density at radius 2 is 0.673 bits per heavy atom. The van der Waals surface area contributed by atoms with Crippen molar-refractivity contribution in [3.05, 3.63) is 0 Å². The van der Waals surface area contributed by atoms with Crippen LogP contribution in [0.25, 0.3) is 0 Å². The lowest BCUT2D eigenvalue weighted by Gasteiger charge is -2.26. The molecule has 1 aliphatic heterocycles. The minimum absolute atomic E-state index is 0.177. The van der Waals surface area contributed by atoms with E-state index >= 15 is 0 Å². The van der Waals surface area contributed by atoms with Crippen LogP contribution in [0.4, 0.5) is 0 Å². The van der Waals surface area contributed by atoms with E-state index in [0.29, 0.717) is 19.0 Å². The summed E-state index contributed by atoms with van der Waals surface area (Å²) in [5.74, 6) is -33.6. The zero-order valence-electron chi connectivity index (χ0n) is 55.8. The first-order chi connectivity index (χ1) is 47.3. The molecular formula is C63H89N5O32S. The first-order valence-corrected chi connectivity index (χ1v) is 33.2. The first-order valence-electron chi connectivity index (χ1n) is 32.2. The second kappa shape index (κ2) is 47.6. The van der Waals surface area contributed by atoms with E-state index in [9.17, 15) is 142 Å². The molecule has 564 valence electrons. The molecule has 0 aromatic heterocycles. The van der Waals surface area contributed by atoms with Crippen LogP contribution in [0.2, 0.25) is 0 Å². The van der Waals surface area contributed by atoms with Crippen LogP contribution in [-0.2, 0) is 110 Å². The van der Waals surface area contributed by atoms with Gasteiger partial charge in [0.05, 0.1) is 49.2 Å². The van der Waals surface area contributed by atoms with Gasteiger partial charge in [-0.3, -0.25) is 106 Å². The molecular weight excluding hydrogens is 1370 g/mol. The van der Waals surface area contributed by atoms with Gasteiger partial charge in [-0.15, -0.1) is 11.8 Å². The average Bonchev–Trinajstić information content (AvgIpc) is 1.77. The third-order valence-corrected chi connectivity index (χ3v) is 17.2. The van der Waals surface area contributed by atoms with Gasteiger partial charge in [0.2, 0.25) is 35.4 Å². The van der Waals surface area contributed by atoms with E-state index in [1.165, 1.54) is 7.11 Å². The maximum atomic E-state index is 14.3. The lowest BCUT2D eigenvalue weighted by atomic mass is 9.88. The number of carbonyl (C=O) groups excluding carboxylic acids is 12. The van der Waals surface area contributed by atoms with Crippen LogP contribution in [-0.4, -0.2) is 243 Å². The topological polar surface area (TPSA) is 610 Å². The molecule has 37 nitrogen and oxygen atoms in total. The molecule has 1 heterocycles. The summed E-state index contributed by atoms with van der Waals surface area (Å²) >= 11 is 1.15. The van der Waals surface area contributed by atoms with Crippen LogP contribution in [0.1, 0.15) is 167 Å². The number of thioether (sulfide) groups is 1. The number of nitrogens with zero attached hydrogens (tertiary/aromatic N) is 1. The number of nitrogens with one attached hydrogen (secondary N) is 4. The molecule has 1 aliphatic rings. The van der Waals surface area contributed by atoms with Crippen molar-refractivity contribution in [3.8, 4) is 0 Å². The molecule has 0 spiro atoms. The van der Waals surface area contributed by atoms with E-state index in [1.54, 1.807) is 0 Å². The van der Waals surface area contributed by atoms with E-state index in [-0.39, 0.29) is 19.4 Å². The van der Waals surface area contributed by atoms with Crippen LogP contribution in [0.5, 0.6) is 0 Å². The van der Waals surface area contributed by atoms with Gasteiger partial charge in [0.1, 0.15) is 11.6 Å².